The summed E-state index contributed by atoms with van der Waals surface area (Å²) in [6.45, 7) is 1.06. The van der Waals surface area contributed by atoms with E-state index in [-0.39, 0.29) is 6.61 Å². The molecule has 1 heterocycles. The highest BCUT2D eigenvalue weighted by Gasteiger charge is 2.04. The number of aromatic nitrogens is 1. The fourth-order valence-electron chi connectivity index (χ4n) is 0.970. The Balaban J connectivity index is 2.34. The first-order chi connectivity index (χ1) is 7.58. The zero-order chi connectivity index (χ0) is 12.0. The lowest BCUT2D eigenvalue weighted by Gasteiger charge is -2.04. The van der Waals surface area contributed by atoms with Crippen molar-refractivity contribution in [3.63, 3.8) is 0 Å². The molecule has 6 heteroatoms. The van der Waals surface area contributed by atoms with Gasteiger partial charge < -0.3 is 15.2 Å². The largest absolute Gasteiger partial charge is 0.480 e. The normalized spacial score (nSPS) is 9.81. The first kappa shape index (κ1) is 12.1. The lowest BCUT2D eigenvalue weighted by Crippen LogP contribution is -2.20. The molecule has 2 N–H and O–H groups in total. The average Bonchev–Trinajstić information content (AvgIpc) is 2.21. The third-order valence-electron chi connectivity index (χ3n) is 1.65. The molecule has 0 radical (unpaired) electrons. The molecule has 0 aliphatic rings. The second-order valence-electron chi connectivity index (χ2n) is 3.12. The number of rotatable bonds is 5. The van der Waals surface area contributed by atoms with Crippen molar-refractivity contribution < 1.29 is 19.4 Å². The topological polar surface area (TPSA) is 88.5 Å². The van der Waals surface area contributed by atoms with Crippen LogP contribution in [0.3, 0.4) is 0 Å². The Morgan fingerprint density at radius 3 is 2.75 bits per heavy atom. The van der Waals surface area contributed by atoms with Crippen molar-refractivity contribution >= 4 is 17.6 Å². The molecule has 0 spiro atoms. The molecule has 0 saturated carbocycles. The highest BCUT2D eigenvalue weighted by atomic mass is 16.5. The highest BCUT2D eigenvalue weighted by Crippen LogP contribution is 2.04. The number of ether oxygens (including phenoxy) is 1. The van der Waals surface area contributed by atoms with Crippen molar-refractivity contribution in [1.29, 1.82) is 0 Å². The Morgan fingerprint density at radius 2 is 2.19 bits per heavy atom. The van der Waals surface area contributed by atoms with E-state index >= 15 is 0 Å². The lowest BCUT2D eigenvalue weighted by molar-refractivity contribution is -0.143. The minimum absolute atomic E-state index is 0.291. The Labute approximate surface area is 92.3 Å². The fourth-order valence-corrected chi connectivity index (χ4v) is 0.970. The number of nitrogens with one attached hydrogen (secondary N) is 1. The van der Waals surface area contributed by atoms with Crippen LogP contribution in [0.5, 0.6) is 0 Å². The summed E-state index contributed by atoms with van der Waals surface area (Å²) in [6.07, 6.45) is 1.52. The van der Waals surface area contributed by atoms with Crippen molar-refractivity contribution in [2.75, 3.05) is 18.5 Å². The molecule has 1 aromatic rings. The zero-order valence-corrected chi connectivity index (χ0v) is 8.77. The van der Waals surface area contributed by atoms with E-state index in [9.17, 15) is 9.59 Å². The number of hydrogen-bond acceptors (Lipinski definition) is 4. The molecule has 0 aromatic carbocycles. The summed E-state index contributed by atoms with van der Waals surface area (Å²) in [6, 6.07) is 3.46. The minimum atomic E-state index is -1.11. The SMILES string of the molecule is Cc1ccc(NC(=O)COCC(=O)O)cn1. The molecule has 1 rings (SSSR count). The monoisotopic (exact) mass is 224 g/mol. The quantitative estimate of drug-likeness (QED) is 0.757. The number of carbonyl (C=O) groups excluding carboxylic acids is 1. The molecule has 0 atom stereocenters. The first-order valence-corrected chi connectivity index (χ1v) is 4.60. The van der Waals surface area contributed by atoms with Gasteiger partial charge >= 0.3 is 5.97 Å². The maximum Gasteiger partial charge on any atom is 0.329 e. The zero-order valence-electron chi connectivity index (χ0n) is 8.77. The second-order valence-corrected chi connectivity index (χ2v) is 3.12. The van der Waals surface area contributed by atoms with Crippen LogP contribution in [0.25, 0.3) is 0 Å². The molecule has 86 valence electrons. The van der Waals surface area contributed by atoms with Crippen molar-refractivity contribution in [3.05, 3.63) is 24.0 Å². The summed E-state index contributed by atoms with van der Waals surface area (Å²) in [5.41, 5.74) is 1.40. The molecule has 0 unspecified atom stereocenters. The Kier molecular flexibility index (Phi) is 4.41. The predicted octanol–water partition coefficient (Wildman–Crippen LogP) is 0.430. The van der Waals surface area contributed by atoms with E-state index in [1.54, 1.807) is 12.1 Å². The maximum absolute atomic E-state index is 11.2. The van der Waals surface area contributed by atoms with Crippen LogP contribution in [-0.2, 0) is 14.3 Å². The molecule has 0 aliphatic carbocycles. The summed E-state index contributed by atoms with van der Waals surface area (Å²) in [5.74, 6) is -1.52. The molecule has 0 saturated heterocycles. The van der Waals surface area contributed by atoms with Gasteiger partial charge in [0.1, 0.15) is 13.2 Å². The van der Waals surface area contributed by atoms with E-state index in [1.807, 2.05) is 6.92 Å². The molecule has 0 fully saturated rings. The standard InChI is InChI=1S/C10H12N2O4/c1-7-2-3-8(4-11-7)12-9(13)5-16-6-10(14)15/h2-4H,5-6H2,1H3,(H,12,13)(H,14,15). The smallest absolute Gasteiger partial charge is 0.329 e. The number of amides is 1. The van der Waals surface area contributed by atoms with Gasteiger partial charge in [0.2, 0.25) is 5.91 Å². The lowest BCUT2D eigenvalue weighted by atomic mass is 10.3. The number of carboxylic acid groups (broad SMARTS) is 1. The van der Waals surface area contributed by atoms with E-state index in [4.69, 9.17) is 5.11 Å². The van der Waals surface area contributed by atoms with E-state index in [2.05, 4.69) is 15.0 Å². The van der Waals surface area contributed by atoms with Crippen LogP contribution in [0.1, 0.15) is 5.69 Å². The van der Waals surface area contributed by atoms with Crippen LogP contribution in [0, 0.1) is 6.92 Å². The number of aliphatic carboxylic acids is 1. The van der Waals surface area contributed by atoms with E-state index in [1.165, 1.54) is 6.20 Å². The van der Waals surface area contributed by atoms with Gasteiger partial charge in [0.05, 0.1) is 11.9 Å². The van der Waals surface area contributed by atoms with E-state index in [0.29, 0.717) is 5.69 Å². The van der Waals surface area contributed by atoms with Crippen LogP contribution in [0.2, 0.25) is 0 Å². The highest BCUT2D eigenvalue weighted by molar-refractivity contribution is 5.91. The average molecular weight is 224 g/mol. The number of hydrogen-bond donors (Lipinski definition) is 2. The Bertz CT molecular complexity index is 375. The third-order valence-corrected chi connectivity index (χ3v) is 1.65. The number of carboxylic acids is 1. The molecular formula is C10H12N2O4. The van der Waals surface area contributed by atoms with Gasteiger partial charge in [-0.05, 0) is 19.1 Å². The summed E-state index contributed by atoms with van der Waals surface area (Å²) in [4.78, 5) is 25.3. The summed E-state index contributed by atoms with van der Waals surface area (Å²) in [7, 11) is 0. The number of pyridine rings is 1. The van der Waals surface area contributed by atoms with Crippen LogP contribution < -0.4 is 5.32 Å². The number of nitrogens with zero attached hydrogens (tertiary/aromatic N) is 1. The van der Waals surface area contributed by atoms with Gasteiger partial charge in [-0.1, -0.05) is 0 Å². The van der Waals surface area contributed by atoms with Gasteiger partial charge in [-0.25, -0.2) is 4.79 Å². The molecular weight excluding hydrogens is 212 g/mol. The van der Waals surface area contributed by atoms with Crippen molar-refractivity contribution in [3.8, 4) is 0 Å². The van der Waals surface area contributed by atoms with Gasteiger partial charge in [-0.15, -0.1) is 0 Å². The van der Waals surface area contributed by atoms with Gasteiger partial charge in [0, 0.05) is 5.69 Å². The fraction of sp³-hybridized carbons (Fsp3) is 0.300. The number of aryl methyl sites for hydroxylation is 1. The summed E-state index contributed by atoms with van der Waals surface area (Å²) < 4.78 is 4.62. The maximum atomic E-state index is 11.2. The van der Waals surface area contributed by atoms with Gasteiger partial charge in [-0.2, -0.15) is 0 Å². The molecule has 16 heavy (non-hydrogen) atoms. The minimum Gasteiger partial charge on any atom is -0.480 e. The van der Waals surface area contributed by atoms with Crippen LogP contribution in [0.4, 0.5) is 5.69 Å². The third kappa shape index (κ3) is 4.52. The van der Waals surface area contributed by atoms with Gasteiger partial charge in [-0.3, -0.25) is 9.78 Å². The molecule has 1 aromatic heterocycles. The molecule has 6 nitrogen and oxygen atoms in total. The van der Waals surface area contributed by atoms with Crippen LogP contribution >= 0.6 is 0 Å². The van der Waals surface area contributed by atoms with Gasteiger partial charge in [0.15, 0.2) is 0 Å². The van der Waals surface area contributed by atoms with E-state index < -0.39 is 18.5 Å². The first-order valence-electron chi connectivity index (χ1n) is 4.60. The van der Waals surface area contributed by atoms with E-state index in [0.717, 1.165) is 5.69 Å². The predicted molar refractivity (Wildman–Crippen MR) is 56.1 cm³/mol. The molecule has 0 bridgehead atoms. The number of carbonyl (C=O) groups is 2. The molecule has 0 aliphatic heterocycles. The number of anilines is 1. The second kappa shape index (κ2) is 5.82. The Morgan fingerprint density at radius 1 is 1.44 bits per heavy atom. The van der Waals surface area contributed by atoms with Crippen LogP contribution in [0.15, 0.2) is 18.3 Å². The Hall–Kier alpha value is -1.95. The van der Waals surface area contributed by atoms with Crippen molar-refractivity contribution in [1.82, 2.24) is 4.98 Å². The van der Waals surface area contributed by atoms with Crippen LogP contribution in [-0.4, -0.2) is 35.2 Å². The van der Waals surface area contributed by atoms with Crippen molar-refractivity contribution in [2.45, 2.75) is 6.92 Å². The summed E-state index contributed by atoms with van der Waals surface area (Å²) in [5, 5.41) is 10.8. The molecule has 1 amide bonds. The van der Waals surface area contributed by atoms with Crippen molar-refractivity contribution in [2.24, 2.45) is 0 Å². The van der Waals surface area contributed by atoms with Gasteiger partial charge in [0.25, 0.3) is 0 Å². The summed E-state index contributed by atoms with van der Waals surface area (Å²) >= 11 is 0.